The van der Waals surface area contributed by atoms with E-state index in [4.69, 9.17) is 4.74 Å². The third kappa shape index (κ3) is 3.57. The van der Waals surface area contributed by atoms with Crippen molar-refractivity contribution in [2.45, 2.75) is 4.90 Å². The smallest absolute Gasteiger partial charge is 0.768 e. The van der Waals surface area contributed by atoms with E-state index in [2.05, 4.69) is 4.74 Å². The van der Waals surface area contributed by atoms with Crippen LogP contribution in [0.2, 0.25) is 0 Å². The first-order chi connectivity index (χ1) is 7.10. The Bertz CT molecular complexity index is 407. The summed E-state index contributed by atoms with van der Waals surface area (Å²) < 4.78 is 30.9. The van der Waals surface area contributed by atoms with Gasteiger partial charge < -0.3 is 14.0 Å². The van der Waals surface area contributed by atoms with E-state index in [9.17, 15) is 13.6 Å². The Labute approximate surface area is 118 Å². The number of rotatable bonds is 3. The predicted molar refractivity (Wildman–Crippen MR) is 51.5 cm³/mol. The van der Waals surface area contributed by atoms with Crippen molar-refractivity contribution < 1.29 is 52.6 Å². The summed E-state index contributed by atoms with van der Waals surface area (Å²) in [4.78, 5) is 11.1. The summed E-state index contributed by atoms with van der Waals surface area (Å²) in [6.07, 6.45) is 0. The van der Waals surface area contributed by atoms with Gasteiger partial charge in [0.25, 0.3) is 0 Å². The van der Waals surface area contributed by atoms with Crippen LogP contribution in [-0.2, 0) is 15.8 Å². The van der Waals surface area contributed by atoms with Crippen molar-refractivity contribution in [2.75, 3.05) is 14.2 Å². The van der Waals surface area contributed by atoms with Crippen LogP contribution in [0, 0.1) is 0 Å². The van der Waals surface area contributed by atoms with E-state index < -0.39 is 17.0 Å². The molecule has 0 bridgehead atoms. The van der Waals surface area contributed by atoms with Crippen LogP contribution in [-0.4, -0.2) is 29.0 Å². The summed E-state index contributed by atoms with van der Waals surface area (Å²) >= 11 is -2.45. The van der Waals surface area contributed by atoms with Gasteiger partial charge in [-0.05, 0) is 29.3 Å². The zero-order chi connectivity index (χ0) is 11.4. The van der Waals surface area contributed by atoms with E-state index in [-0.39, 0.29) is 45.8 Å². The van der Waals surface area contributed by atoms with Gasteiger partial charge in [-0.3, -0.25) is 4.21 Å². The molecule has 0 radical (unpaired) electrons. The molecule has 1 rings (SSSR count). The number of carbonyl (C=O) groups is 1. The zero-order valence-corrected chi connectivity index (χ0v) is 12.0. The van der Waals surface area contributed by atoms with Gasteiger partial charge in [-0.2, -0.15) is 0 Å². The number of carbonyl (C=O) groups excluding carboxylic acids is 1. The molecular weight excluding hydrogens is 243 g/mol. The van der Waals surface area contributed by atoms with Crippen LogP contribution in [0.4, 0.5) is 0 Å². The molecule has 0 aliphatic heterocycles. The molecule has 0 saturated carbocycles. The predicted octanol–water partition coefficient (Wildman–Crippen LogP) is -2.28. The normalized spacial score (nSPS) is 11.2. The maximum absolute atomic E-state index is 11.1. The van der Waals surface area contributed by atoms with Crippen molar-refractivity contribution in [2.24, 2.45) is 0 Å². The van der Waals surface area contributed by atoms with Crippen LogP contribution >= 0.6 is 0 Å². The van der Waals surface area contributed by atoms with Gasteiger partial charge in [0.1, 0.15) is 5.75 Å². The minimum absolute atomic E-state index is 0. The second-order valence-corrected chi connectivity index (χ2v) is 3.50. The molecule has 0 aromatic heterocycles. The van der Waals surface area contributed by atoms with Gasteiger partial charge in [0.15, 0.2) is 0 Å². The Kier molecular flexibility index (Phi) is 6.85. The SMILES string of the molecule is COC(=O)c1ccc(OC)c(S(=O)[O-])c1.[Na+]. The van der Waals surface area contributed by atoms with Gasteiger partial charge >= 0.3 is 35.5 Å². The molecule has 0 amide bonds. The molecule has 0 spiro atoms. The van der Waals surface area contributed by atoms with E-state index in [1.165, 1.54) is 32.4 Å². The van der Waals surface area contributed by atoms with Gasteiger partial charge in [0.2, 0.25) is 0 Å². The zero-order valence-electron chi connectivity index (χ0n) is 9.18. The molecule has 0 N–H and O–H groups in total. The Balaban J connectivity index is 0.00000225. The molecule has 0 aliphatic rings. The first-order valence-electron chi connectivity index (χ1n) is 3.95. The largest absolute Gasteiger partial charge is 1.00 e. The van der Waals surface area contributed by atoms with Crippen molar-refractivity contribution in [3.05, 3.63) is 23.8 Å². The second-order valence-electron chi connectivity index (χ2n) is 2.59. The molecule has 5 nitrogen and oxygen atoms in total. The molecule has 0 heterocycles. The second kappa shape index (κ2) is 7.03. The fourth-order valence-corrected chi connectivity index (χ4v) is 1.59. The molecule has 1 aromatic carbocycles. The van der Waals surface area contributed by atoms with Gasteiger partial charge in [-0.15, -0.1) is 0 Å². The van der Waals surface area contributed by atoms with Gasteiger partial charge in [-0.25, -0.2) is 4.79 Å². The maximum Gasteiger partial charge on any atom is 1.00 e. The molecule has 0 fully saturated rings. The molecule has 0 saturated heterocycles. The van der Waals surface area contributed by atoms with E-state index >= 15 is 0 Å². The number of hydrogen-bond donors (Lipinski definition) is 0. The number of esters is 1. The fraction of sp³-hybridized carbons (Fsp3) is 0.222. The van der Waals surface area contributed by atoms with Gasteiger partial charge in [-0.1, -0.05) is 0 Å². The quantitative estimate of drug-likeness (QED) is 0.344. The first-order valence-corrected chi connectivity index (χ1v) is 5.03. The summed E-state index contributed by atoms with van der Waals surface area (Å²) in [6.45, 7) is 0. The topological polar surface area (TPSA) is 75.7 Å². The minimum atomic E-state index is -2.45. The van der Waals surface area contributed by atoms with Crippen LogP contribution < -0.4 is 34.3 Å². The minimum Gasteiger partial charge on any atom is -0.768 e. The third-order valence-electron chi connectivity index (χ3n) is 1.76. The molecule has 1 aromatic rings. The van der Waals surface area contributed by atoms with E-state index in [1.807, 2.05) is 0 Å². The van der Waals surface area contributed by atoms with Crippen LogP contribution in [0.5, 0.6) is 5.75 Å². The molecule has 16 heavy (non-hydrogen) atoms. The average molecular weight is 252 g/mol. The Morgan fingerprint density at radius 1 is 1.38 bits per heavy atom. The monoisotopic (exact) mass is 252 g/mol. The first kappa shape index (κ1) is 15.6. The van der Waals surface area contributed by atoms with Crippen molar-refractivity contribution >= 4 is 17.0 Å². The summed E-state index contributed by atoms with van der Waals surface area (Å²) in [7, 11) is 2.57. The summed E-state index contributed by atoms with van der Waals surface area (Å²) in [6, 6.07) is 4.03. The number of benzene rings is 1. The maximum atomic E-state index is 11.1. The van der Waals surface area contributed by atoms with Gasteiger partial charge in [0.05, 0.1) is 24.7 Å². The molecule has 1 unspecified atom stereocenters. The number of ether oxygens (including phenoxy) is 2. The average Bonchev–Trinajstić information content (AvgIpc) is 2.27. The van der Waals surface area contributed by atoms with Crippen LogP contribution in [0.1, 0.15) is 10.4 Å². The Morgan fingerprint density at radius 3 is 2.44 bits per heavy atom. The summed E-state index contributed by atoms with van der Waals surface area (Å²) in [5.41, 5.74) is 0.164. The molecule has 7 heteroatoms. The molecule has 1 atom stereocenters. The van der Waals surface area contributed by atoms with Crippen molar-refractivity contribution in [3.63, 3.8) is 0 Å². The van der Waals surface area contributed by atoms with E-state index in [0.717, 1.165) is 0 Å². The van der Waals surface area contributed by atoms with Crippen molar-refractivity contribution in [3.8, 4) is 5.75 Å². The molecular formula is C9H9NaO5S. The van der Waals surface area contributed by atoms with Gasteiger partial charge in [0, 0.05) is 0 Å². The third-order valence-corrected chi connectivity index (χ3v) is 2.44. The standard InChI is InChI=1S/C9H10O5S.Na/c1-13-7-4-3-6(9(10)14-2)5-8(7)15(11)12;/h3-5H,1-2H3,(H,11,12);/q;+1/p-1. The molecule has 0 aliphatic carbocycles. The van der Waals surface area contributed by atoms with Crippen molar-refractivity contribution in [1.29, 1.82) is 0 Å². The summed E-state index contributed by atoms with van der Waals surface area (Å²) in [5, 5.41) is 0. The Morgan fingerprint density at radius 2 is 2.00 bits per heavy atom. The number of hydrogen-bond acceptors (Lipinski definition) is 5. The van der Waals surface area contributed by atoms with Crippen LogP contribution in [0.15, 0.2) is 23.1 Å². The fourth-order valence-electron chi connectivity index (χ4n) is 1.05. The van der Waals surface area contributed by atoms with E-state index in [0.29, 0.717) is 0 Å². The summed E-state index contributed by atoms with van der Waals surface area (Å²) in [5.74, 6) is -0.402. The molecule has 82 valence electrons. The number of methoxy groups -OCH3 is 2. The van der Waals surface area contributed by atoms with E-state index in [1.54, 1.807) is 0 Å². The van der Waals surface area contributed by atoms with Crippen LogP contribution in [0.25, 0.3) is 0 Å². The van der Waals surface area contributed by atoms with Crippen molar-refractivity contribution in [1.82, 2.24) is 0 Å². The van der Waals surface area contributed by atoms with Crippen LogP contribution in [0.3, 0.4) is 0 Å². The Hall–Kier alpha value is -0.400.